The SMILES string of the molecule is CCCCCCCCCCCCCCCCCCCCCCCCCCCCCCCCCCCC(=O)OC(COC(=O)CCCCCCCCC)COC(OCC[N+](C)(C)C)C(=O)O. The molecule has 0 saturated heterocycles. The van der Waals surface area contributed by atoms with Crippen LogP contribution in [0.2, 0.25) is 0 Å². The van der Waals surface area contributed by atoms with E-state index in [2.05, 4.69) is 13.8 Å². The summed E-state index contributed by atoms with van der Waals surface area (Å²) in [6.45, 7) is 4.87. The summed E-state index contributed by atoms with van der Waals surface area (Å²) in [6, 6.07) is 0. The molecule has 0 heterocycles. The molecular weight excluding hydrogens is 815 g/mol. The number of unbranched alkanes of at least 4 members (excludes halogenated alkanes) is 38. The van der Waals surface area contributed by atoms with E-state index >= 15 is 0 Å². The number of carbonyl (C=O) groups excluding carboxylic acids is 2. The molecule has 0 amide bonds. The molecule has 65 heavy (non-hydrogen) atoms. The highest BCUT2D eigenvalue weighted by Gasteiger charge is 2.25. The van der Waals surface area contributed by atoms with Crippen LogP contribution < -0.4 is 0 Å². The highest BCUT2D eigenvalue weighted by molar-refractivity contribution is 5.71. The Morgan fingerprint density at radius 2 is 0.692 bits per heavy atom. The topological polar surface area (TPSA) is 108 Å². The molecule has 0 aromatic rings. The predicted octanol–water partition coefficient (Wildman–Crippen LogP) is 16.0. The van der Waals surface area contributed by atoms with E-state index < -0.39 is 18.4 Å². The first kappa shape index (κ1) is 63.3. The molecule has 0 aromatic heterocycles. The molecule has 9 heteroatoms. The van der Waals surface area contributed by atoms with Gasteiger partial charge in [-0.25, -0.2) is 4.79 Å². The molecule has 0 aliphatic heterocycles. The molecule has 0 saturated carbocycles. The number of rotatable bonds is 53. The van der Waals surface area contributed by atoms with Crippen molar-refractivity contribution in [2.45, 2.75) is 296 Å². The molecule has 9 nitrogen and oxygen atoms in total. The van der Waals surface area contributed by atoms with Crippen LogP contribution in [0.1, 0.15) is 284 Å². The third kappa shape index (κ3) is 50.0. The lowest BCUT2D eigenvalue weighted by atomic mass is 10.0. The van der Waals surface area contributed by atoms with Crippen molar-refractivity contribution in [2.75, 3.05) is 47.5 Å². The lowest BCUT2D eigenvalue weighted by molar-refractivity contribution is -0.870. The van der Waals surface area contributed by atoms with E-state index in [1.807, 2.05) is 21.1 Å². The average molecular weight is 925 g/mol. The third-order valence-corrected chi connectivity index (χ3v) is 12.9. The molecular formula is C56H110NO8+. The minimum Gasteiger partial charge on any atom is -0.477 e. The van der Waals surface area contributed by atoms with Gasteiger partial charge in [-0.1, -0.05) is 258 Å². The maximum absolute atomic E-state index is 12.8. The lowest BCUT2D eigenvalue weighted by Gasteiger charge is -2.25. The number of nitrogens with zero attached hydrogens (tertiary/aromatic N) is 1. The number of likely N-dealkylation sites (N-methyl/N-ethyl adjacent to an activating group) is 1. The van der Waals surface area contributed by atoms with Gasteiger partial charge in [0.2, 0.25) is 0 Å². The summed E-state index contributed by atoms with van der Waals surface area (Å²) in [4.78, 5) is 37.0. The largest absolute Gasteiger partial charge is 0.477 e. The van der Waals surface area contributed by atoms with Crippen LogP contribution >= 0.6 is 0 Å². The second-order valence-electron chi connectivity index (χ2n) is 20.6. The molecule has 0 aliphatic carbocycles. The first-order valence-electron chi connectivity index (χ1n) is 28.2. The molecule has 0 aliphatic rings. The highest BCUT2D eigenvalue weighted by Crippen LogP contribution is 2.18. The zero-order valence-corrected chi connectivity index (χ0v) is 43.9. The van der Waals surface area contributed by atoms with Gasteiger partial charge in [0.05, 0.1) is 34.4 Å². The van der Waals surface area contributed by atoms with E-state index in [9.17, 15) is 19.5 Å². The number of hydrogen-bond acceptors (Lipinski definition) is 7. The van der Waals surface area contributed by atoms with Crippen LogP contribution in [0.5, 0.6) is 0 Å². The Hall–Kier alpha value is -1.71. The summed E-state index contributed by atoms with van der Waals surface area (Å²) in [7, 11) is 5.97. The van der Waals surface area contributed by atoms with Gasteiger partial charge in [-0.15, -0.1) is 0 Å². The Balaban J connectivity index is 3.88. The second-order valence-corrected chi connectivity index (χ2v) is 20.6. The summed E-state index contributed by atoms with van der Waals surface area (Å²) >= 11 is 0. The fraction of sp³-hybridized carbons (Fsp3) is 0.946. The van der Waals surface area contributed by atoms with Crippen molar-refractivity contribution < 1.29 is 42.9 Å². The smallest absolute Gasteiger partial charge is 0.361 e. The van der Waals surface area contributed by atoms with Gasteiger partial charge in [0.25, 0.3) is 6.29 Å². The van der Waals surface area contributed by atoms with Crippen molar-refractivity contribution in [3.8, 4) is 0 Å². The lowest BCUT2D eigenvalue weighted by Crippen LogP contribution is -2.40. The normalized spacial score (nSPS) is 12.7. The first-order valence-corrected chi connectivity index (χ1v) is 28.2. The maximum Gasteiger partial charge on any atom is 0.361 e. The number of ether oxygens (including phenoxy) is 4. The van der Waals surface area contributed by atoms with E-state index in [0.717, 1.165) is 38.5 Å². The van der Waals surface area contributed by atoms with Gasteiger partial charge in [-0.05, 0) is 12.8 Å². The number of carbonyl (C=O) groups is 3. The summed E-state index contributed by atoms with van der Waals surface area (Å²) in [5.74, 6) is -1.99. The van der Waals surface area contributed by atoms with Gasteiger partial charge in [0.15, 0.2) is 6.10 Å². The van der Waals surface area contributed by atoms with Crippen LogP contribution in [0, 0.1) is 0 Å². The van der Waals surface area contributed by atoms with Gasteiger partial charge >= 0.3 is 17.9 Å². The standard InChI is InChI=1S/C56H109NO8/c1-6-8-10-12-14-15-16-17-18-19-20-21-22-23-24-25-26-27-28-29-30-31-32-33-34-35-36-37-38-39-41-43-45-47-54(59)65-52(50-63-53(58)46-44-42-40-13-11-9-7-2)51-64-56(55(60)61)62-49-48-57(3,4)5/h52,56H,6-51H2,1-5H3/p+1. The monoisotopic (exact) mass is 925 g/mol. The average Bonchev–Trinajstić information content (AvgIpc) is 3.27. The number of aliphatic carboxylic acids is 1. The van der Waals surface area contributed by atoms with E-state index in [1.54, 1.807) is 0 Å². The van der Waals surface area contributed by atoms with Crippen LogP contribution in [-0.4, -0.2) is 87.4 Å². The van der Waals surface area contributed by atoms with E-state index in [1.165, 1.54) is 218 Å². The third-order valence-electron chi connectivity index (χ3n) is 12.9. The van der Waals surface area contributed by atoms with Gasteiger partial charge in [-0.2, -0.15) is 0 Å². The summed E-state index contributed by atoms with van der Waals surface area (Å²) in [5, 5.41) is 9.63. The molecule has 2 unspecified atom stereocenters. The number of esters is 2. The number of quaternary nitrogens is 1. The molecule has 1 N–H and O–H groups in total. The Labute approximate surface area is 403 Å². The van der Waals surface area contributed by atoms with E-state index in [-0.39, 0.29) is 38.2 Å². The van der Waals surface area contributed by atoms with Crippen molar-refractivity contribution in [3.05, 3.63) is 0 Å². The number of carboxylic acid groups (broad SMARTS) is 1. The zero-order chi connectivity index (χ0) is 47.7. The number of carboxylic acids is 1. The Bertz CT molecular complexity index is 1030. The van der Waals surface area contributed by atoms with Gasteiger partial charge in [-0.3, -0.25) is 9.59 Å². The Morgan fingerprint density at radius 1 is 0.400 bits per heavy atom. The molecule has 0 spiro atoms. The Morgan fingerprint density at radius 3 is 0.985 bits per heavy atom. The van der Waals surface area contributed by atoms with E-state index in [0.29, 0.717) is 17.4 Å². The van der Waals surface area contributed by atoms with Gasteiger partial charge < -0.3 is 28.5 Å². The molecule has 0 radical (unpaired) electrons. The van der Waals surface area contributed by atoms with Gasteiger partial charge in [0.1, 0.15) is 13.2 Å². The minimum atomic E-state index is -1.50. The van der Waals surface area contributed by atoms with Crippen LogP contribution in [0.4, 0.5) is 0 Å². The van der Waals surface area contributed by atoms with Gasteiger partial charge in [0, 0.05) is 12.8 Å². The van der Waals surface area contributed by atoms with E-state index in [4.69, 9.17) is 18.9 Å². The first-order chi connectivity index (χ1) is 31.6. The van der Waals surface area contributed by atoms with Crippen molar-refractivity contribution in [1.82, 2.24) is 0 Å². The second kappa shape index (κ2) is 48.7. The molecule has 2 atom stereocenters. The fourth-order valence-electron chi connectivity index (χ4n) is 8.49. The molecule has 0 rings (SSSR count). The summed E-state index contributed by atoms with van der Waals surface area (Å²) in [6.07, 6.45) is 50.9. The molecule has 386 valence electrons. The molecule has 0 bridgehead atoms. The van der Waals surface area contributed by atoms with Crippen LogP contribution in [0.3, 0.4) is 0 Å². The maximum atomic E-state index is 12.8. The summed E-state index contributed by atoms with van der Waals surface area (Å²) in [5.41, 5.74) is 0. The fourth-order valence-corrected chi connectivity index (χ4v) is 8.49. The Kier molecular flexibility index (Phi) is 47.5. The van der Waals surface area contributed by atoms with Crippen LogP contribution in [0.25, 0.3) is 0 Å². The van der Waals surface area contributed by atoms with Crippen molar-refractivity contribution in [1.29, 1.82) is 0 Å². The molecule has 0 fully saturated rings. The quantitative estimate of drug-likeness (QED) is 0.0278. The van der Waals surface area contributed by atoms with Crippen molar-refractivity contribution in [3.63, 3.8) is 0 Å². The van der Waals surface area contributed by atoms with Crippen molar-refractivity contribution in [2.24, 2.45) is 0 Å². The zero-order valence-electron chi connectivity index (χ0n) is 43.9. The van der Waals surface area contributed by atoms with Crippen molar-refractivity contribution >= 4 is 17.9 Å². The predicted molar refractivity (Wildman–Crippen MR) is 272 cm³/mol. The highest BCUT2D eigenvalue weighted by atomic mass is 16.7. The summed E-state index contributed by atoms with van der Waals surface area (Å²) < 4.78 is 22.7. The number of hydrogen-bond donors (Lipinski definition) is 1. The van der Waals surface area contributed by atoms with Crippen LogP contribution in [0.15, 0.2) is 0 Å². The minimum absolute atomic E-state index is 0.175. The van der Waals surface area contributed by atoms with Crippen LogP contribution in [-0.2, 0) is 33.3 Å². The molecule has 0 aromatic carbocycles.